The van der Waals surface area contributed by atoms with Crippen LogP contribution in [0.15, 0.2) is 72.8 Å². The molecular formula is C30H32Cl2F2N4O2. The van der Waals surface area contributed by atoms with E-state index >= 15 is 0 Å². The van der Waals surface area contributed by atoms with Gasteiger partial charge < -0.3 is 15.5 Å². The molecule has 0 aromatic heterocycles. The monoisotopic (exact) mass is 588 g/mol. The number of nitrogens with two attached hydrogens (primary N) is 1. The summed E-state index contributed by atoms with van der Waals surface area (Å²) in [5.74, 6) is -0.923. The Balaban J connectivity index is 0.00000185. The van der Waals surface area contributed by atoms with Gasteiger partial charge in [0, 0.05) is 38.3 Å². The Bertz CT molecular complexity index is 1290. The van der Waals surface area contributed by atoms with Gasteiger partial charge in [0.2, 0.25) is 11.8 Å². The molecule has 0 saturated carbocycles. The highest BCUT2D eigenvalue weighted by molar-refractivity contribution is 5.89. The first kappa shape index (κ1) is 29.9. The van der Waals surface area contributed by atoms with E-state index in [1.54, 1.807) is 29.2 Å². The fraction of sp³-hybridized carbons (Fsp3) is 0.333. The van der Waals surface area contributed by atoms with Gasteiger partial charge in [-0.05, 0) is 52.9 Å². The van der Waals surface area contributed by atoms with Crippen LogP contribution < -0.4 is 5.73 Å². The number of benzene rings is 3. The number of nitrogens with zero attached hydrogens (tertiary/aromatic N) is 3. The molecule has 0 spiro atoms. The van der Waals surface area contributed by atoms with Crippen LogP contribution in [0, 0.1) is 11.6 Å². The molecule has 40 heavy (non-hydrogen) atoms. The van der Waals surface area contributed by atoms with Crippen LogP contribution in [0.5, 0.6) is 0 Å². The Kier molecular flexibility index (Phi) is 9.15. The molecule has 6 rings (SSSR count). The van der Waals surface area contributed by atoms with Gasteiger partial charge in [0.15, 0.2) is 0 Å². The molecule has 3 atom stereocenters. The van der Waals surface area contributed by atoms with E-state index in [-0.39, 0.29) is 72.8 Å². The van der Waals surface area contributed by atoms with Crippen molar-refractivity contribution in [3.8, 4) is 0 Å². The van der Waals surface area contributed by atoms with Crippen molar-refractivity contribution in [3.63, 3.8) is 0 Å². The molecule has 212 valence electrons. The van der Waals surface area contributed by atoms with Crippen molar-refractivity contribution >= 4 is 36.6 Å². The zero-order valence-electron chi connectivity index (χ0n) is 21.8. The molecule has 3 aliphatic rings. The molecular weight excluding hydrogens is 557 g/mol. The van der Waals surface area contributed by atoms with E-state index in [0.29, 0.717) is 26.2 Å². The fourth-order valence-electron chi connectivity index (χ4n) is 6.30. The minimum atomic E-state index is -0.877. The molecule has 10 heteroatoms. The number of carbonyl (C=O) groups excluding carboxylic acids is 2. The van der Waals surface area contributed by atoms with Crippen molar-refractivity contribution in [1.29, 1.82) is 0 Å². The number of hydrogen-bond acceptors (Lipinski definition) is 4. The van der Waals surface area contributed by atoms with Crippen LogP contribution in [0.4, 0.5) is 8.78 Å². The SMILES string of the molecule is Cl.Cl.N[C@@H](CC(=O)N1C[C@H]2C[C@@H]1CN2C(c1ccc(F)cc1)c1ccc(F)cc1)C(=O)N1Cc2ccccc2C1. The highest BCUT2D eigenvalue weighted by atomic mass is 35.5. The van der Waals surface area contributed by atoms with Crippen LogP contribution in [0.1, 0.15) is 41.1 Å². The first-order valence-electron chi connectivity index (χ1n) is 13.0. The zero-order valence-corrected chi connectivity index (χ0v) is 23.4. The summed E-state index contributed by atoms with van der Waals surface area (Å²) in [6.07, 6.45) is 0.795. The van der Waals surface area contributed by atoms with Gasteiger partial charge in [0.1, 0.15) is 11.6 Å². The van der Waals surface area contributed by atoms with Crippen molar-refractivity contribution in [2.45, 2.75) is 50.1 Å². The van der Waals surface area contributed by atoms with Gasteiger partial charge >= 0.3 is 0 Å². The maximum absolute atomic E-state index is 13.7. The molecule has 3 aromatic rings. The molecule has 3 aliphatic heterocycles. The molecule has 0 unspecified atom stereocenters. The van der Waals surface area contributed by atoms with Crippen LogP contribution in [0.3, 0.4) is 0 Å². The number of likely N-dealkylation sites (tertiary alicyclic amines) is 2. The van der Waals surface area contributed by atoms with Gasteiger partial charge in [-0.3, -0.25) is 14.5 Å². The van der Waals surface area contributed by atoms with Gasteiger partial charge in [-0.1, -0.05) is 48.5 Å². The van der Waals surface area contributed by atoms with Gasteiger partial charge in [-0.15, -0.1) is 24.8 Å². The van der Waals surface area contributed by atoms with Gasteiger partial charge in [0.05, 0.1) is 18.5 Å². The highest BCUT2D eigenvalue weighted by Crippen LogP contribution is 2.40. The van der Waals surface area contributed by atoms with Crippen LogP contribution in [-0.4, -0.2) is 57.7 Å². The summed E-state index contributed by atoms with van der Waals surface area (Å²) in [6, 6.07) is 19.8. The van der Waals surface area contributed by atoms with Crippen LogP contribution in [0.2, 0.25) is 0 Å². The van der Waals surface area contributed by atoms with Crippen LogP contribution in [0.25, 0.3) is 0 Å². The Labute approximate surface area is 244 Å². The second-order valence-corrected chi connectivity index (χ2v) is 10.6. The quantitative estimate of drug-likeness (QED) is 0.462. The van der Waals surface area contributed by atoms with E-state index in [2.05, 4.69) is 4.90 Å². The van der Waals surface area contributed by atoms with E-state index in [9.17, 15) is 18.4 Å². The van der Waals surface area contributed by atoms with E-state index in [1.165, 1.54) is 24.3 Å². The molecule has 2 fully saturated rings. The summed E-state index contributed by atoms with van der Waals surface area (Å²) in [5.41, 5.74) is 10.3. The normalized spacial score (nSPS) is 20.2. The molecule has 6 nitrogen and oxygen atoms in total. The lowest BCUT2D eigenvalue weighted by atomic mass is 9.96. The third kappa shape index (κ3) is 5.72. The lowest BCUT2D eigenvalue weighted by molar-refractivity contribution is -0.140. The number of halogens is 4. The smallest absolute Gasteiger partial charge is 0.240 e. The number of rotatable bonds is 6. The minimum absolute atomic E-state index is 0. The molecule has 0 radical (unpaired) electrons. The maximum Gasteiger partial charge on any atom is 0.240 e. The summed E-state index contributed by atoms with van der Waals surface area (Å²) in [5, 5.41) is 0. The second-order valence-electron chi connectivity index (χ2n) is 10.6. The highest BCUT2D eigenvalue weighted by Gasteiger charge is 2.48. The fourth-order valence-corrected chi connectivity index (χ4v) is 6.30. The number of carbonyl (C=O) groups is 2. The minimum Gasteiger partial charge on any atom is -0.337 e. The number of fused-ring (bicyclic) bond motifs is 3. The number of piperazine rings is 1. The van der Waals surface area contributed by atoms with Crippen LogP contribution in [-0.2, 0) is 22.7 Å². The Morgan fingerprint density at radius 1 is 0.800 bits per heavy atom. The van der Waals surface area contributed by atoms with E-state index < -0.39 is 6.04 Å². The Morgan fingerprint density at radius 3 is 1.80 bits per heavy atom. The standard InChI is InChI=1S/C30H30F2N4O2.2ClH/c31-23-9-5-19(6-10-23)29(20-7-11-24(32)12-8-20)36-18-25-13-26(36)17-35(25)28(37)14-27(33)30(38)34-15-21-3-1-2-4-22(21)16-34;;/h1-12,25-27,29H,13-18,33H2;2*1H/t25-,26-,27+;;/m1../s1. The Hall–Kier alpha value is -3.04. The van der Waals surface area contributed by atoms with Gasteiger partial charge in [-0.2, -0.15) is 0 Å². The third-order valence-electron chi connectivity index (χ3n) is 8.17. The number of amides is 2. The summed E-state index contributed by atoms with van der Waals surface area (Å²) in [4.78, 5) is 32.1. The second kappa shape index (κ2) is 12.2. The summed E-state index contributed by atoms with van der Waals surface area (Å²) in [7, 11) is 0. The van der Waals surface area contributed by atoms with Crippen LogP contribution >= 0.6 is 24.8 Å². The molecule has 3 aromatic carbocycles. The van der Waals surface area contributed by atoms with E-state index in [1.807, 2.05) is 29.2 Å². The largest absolute Gasteiger partial charge is 0.337 e. The molecule has 3 heterocycles. The zero-order chi connectivity index (χ0) is 26.4. The van der Waals surface area contributed by atoms with Crippen molar-refractivity contribution in [1.82, 2.24) is 14.7 Å². The van der Waals surface area contributed by atoms with E-state index in [4.69, 9.17) is 5.73 Å². The van der Waals surface area contributed by atoms with Gasteiger partial charge in [0.25, 0.3) is 0 Å². The molecule has 2 amide bonds. The van der Waals surface area contributed by atoms with Crippen molar-refractivity contribution in [2.24, 2.45) is 5.73 Å². The summed E-state index contributed by atoms with van der Waals surface area (Å²) >= 11 is 0. The predicted octanol–water partition coefficient (Wildman–Crippen LogP) is 4.44. The first-order chi connectivity index (χ1) is 18.4. The van der Waals surface area contributed by atoms with Crippen molar-refractivity contribution in [2.75, 3.05) is 13.1 Å². The average Bonchev–Trinajstić information content (AvgIpc) is 3.65. The number of hydrogen-bond donors (Lipinski definition) is 1. The first-order valence-corrected chi connectivity index (χ1v) is 13.0. The Morgan fingerprint density at radius 2 is 1.32 bits per heavy atom. The van der Waals surface area contributed by atoms with Gasteiger partial charge in [-0.25, -0.2) is 8.78 Å². The topological polar surface area (TPSA) is 69.9 Å². The van der Waals surface area contributed by atoms with E-state index in [0.717, 1.165) is 28.7 Å². The average molecular weight is 590 g/mol. The summed E-state index contributed by atoms with van der Waals surface area (Å²) in [6.45, 7) is 2.22. The molecule has 2 N–H and O–H groups in total. The lowest BCUT2D eigenvalue weighted by Crippen LogP contribution is -2.52. The summed E-state index contributed by atoms with van der Waals surface area (Å²) < 4.78 is 27.3. The third-order valence-corrected chi connectivity index (χ3v) is 8.17. The maximum atomic E-state index is 13.7. The lowest BCUT2D eigenvalue weighted by Gasteiger charge is -2.39. The van der Waals surface area contributed by atoms with Crippen molar-refractivity contribution in [3.05, 3.63) is 107 Å². The molecule has 0 aliphatic carbocycles. The van der Waals surface area contributed by atoms with Crippen molar-refractivity contribution < 1.29 is 18.4 Å². The molecule has 2 saturated heterocycles. The molecule has 2 bridgehead atoms. The predicted molar refractivity (Wildman–Crippen MR) is 153 cm³/mol.